The van der Waals surface area contributed by atoms with Gasteiger partial charge in [-0.2, -0.15) is 0 Å². The van der Waals surface area contributed by atoms with Gasteiger partial charge in [0.25, 0.3) is 0 Å². The second-order valence-corrected chi connectivity index (χ2v) is 9.33. The molecule has 34 heavy (non-hydrogen) atoms. The van der Waals surface area contributed by atoms with Crippen LogP contribution < -0.4 is 25.4 Å². The third-order valence-electron chi connectivity index (χ3n) is 5.19. The SMILES string of the molecule is CC[C@H](C)[C@@H](NC(=O)Nc1ccc(OC)cc1OC)C(=O)Nc1nnc(-c2ccc(Br)cc2)s1. The standard InChI is InChI=1S/C23H26BrN5O4S/c1-5-13(2)19(26-22(31)25-17-11-10-16(32-3)12-18(17)33-4)20(30)27-23-29-28-21(34-23)14-6-8-15(24)9-7-14/h6-13,19H,5H2,1-4H3,(H2,25,26,31)(H,27,29,30)/t13-,19+/m0/s1. The Morgan fingerprint density at radius 1 is 1.06 bits per heavy atom. The molecule has 11 heteroatoms. The molecule has 0 aliphatic carbocycles. The molecule has 2 atom stereocenters. The number of nitrogens with one attached hydrogen (secondary N) is 3. The van der Waals surface area contributed by atoms with E-state index < -0.39 is 12.1 Å². The smallest absolute Gasteiger partial charge is 0.320 e. The largest absolute Gasteiger partial charge is 0.497 e. The van der Waals surface area contributed by atoms with E-state index in [0.29, 0.717) is 33.7 Å². The molecule has 0 aliphatic rings. The van der Waals surface area contributed by atoms with Crippen LogP contribution in [0.3, 0.4) is 0 Å². The van der Waals surface area contributed by atoms with E-state index in [-0.39, 0.29) is 11.8 Å². The van der Waals surface area contributed by atoms with Gasteiger partial charge in [-0.3, -0.25) is 10.1 Å². The van der Waals surface area contributed by atoms with Crippen LogP contribution in [-0.2, 0) is 4.79 Å². The molecule has 0 fully saturated rings. The minimum Gasteiger partial charge on any atom is -0.497 e. The molecule has 1 aromatic heterocycles. The lowest BCUT2D eigenvalue weighted by Crippen LogP contribution is -2.49. The molecule has 3 amide bonds. The van der Waals surface area contributed by atoms with Crippen LogP contribution in [0, 0.1) is 5.92 Å². The van der Waals surface area contributed by atoms with Crippen molar-refractivity contribution in [3.63, 3.8) is 0 Å². The predicted molar refractivity (Wildman–Crippen MR) is 137 cm³/mol. The Morgan fingerprint density at radius 2 is 1.79 bits per heavy atom. The zero-order chi connectivity index (χ0) is 24.7. The van der Waals surface area contributed by atoms with E-state index in [2.05, 4.69) is 42.1 Å². The molecule has 0 saturated carbocycles. The fraction of sp³-hybridized carbons (Fsp3) is 0.304. The van der Waals surface area contributed by atoms with Gasteiger partial charge in [0.2, 0.25) is 11.0 Å². The molecule has 3 N–H and O–H groups in total. The summed E-state index contributed by atoms with van der Waals surface area (Å²) in [5.41, 5.74) is 1.35. The molecular formula is C23H26BrN5O4S. The number of carbonyl (C=O) groups is 2. The molecule has 2 aromatic carbocycles. The molecule has 0 saturated heterocycles. The van der Waals surface area contributed by atoms with Gasteiger partial charge in [0, 0.05) is 16.1 Å². The Kier molecular flexibility index (Phi) is 8.83. The summed E-state index contributed by atoms with van der Waals surface area (Å²) in [7, 11) is 3.04. The number of anilines is 2. The van der Waals surface area contributed by atoms with E-state index in [1.165, 1.54) is 18.4 Å². The highest BCUT2D eigenvalue weighted by molar-refractivity contribution is 9.10. The summed E-state index contributed by atoms with van der Waals surface area (Å²) in [6.45, 7) is 3.85. The topological polar surface area (TPSA) is 114 Å². The Balaban J connectivity index is 1.69. The molecule has 0 bridgehead atoms. The van der Waals surface area contributed by atoms with E-state index in [9.17, 15) is 9.59 Å². The van der Waals surface area contributed by atoms with Gasteiger partial charge in [-0.05, 0) is 30.2 Å². The summed E-state index contributed by atoms with van der Waals surface area (Å²) in [6.07, 6.45) is 0.685. The maximum Gasteiger partial charge on any atom is 0.320 e. The molecule has 0 unspecified atom stereocenters. The van der Waals surface area contributed by atoms with E-state index in [4.69, 9.17) is 9.47 Å². The van der Waals surface area contributed by atoms with Crippen LogP contribution in [0.2, 0.25) is 0 Å². The number of carbonyl (C=O) groups excluding carboxylic acids is 2. The molecular weight excluding hydrogens is 522 g/mol. The van der Waals surface area contributed by atoms with Crippen LogP contribution in [0.5, 0.6) is 11.5 Å². The second-order valence-electron chi connectivity index (χ2n) is 7.44. The van der Waals surface area contributed by atoms with E-state index in [1.807, 2.05) is 38.1 Å². The number of hydrogen-bond donors (Lipinski definition) is 3. The highest BCUT2D eigenvalue weighted by atomic mass is 79.9. The number of urea groups is 1. The van der Waals surface area contributed by atoms with Gasteiger partial charge < -0.3 is 20.1 Å². The number of hydrogen-bond acceptors (Lipinski definition) is 7. The maximum atomic E-state index is 13.0. The van der Waals surface area contributed by atoms with Crippen LogP contribution in [0.4, 0.5) is 15.6 Å². The Labute approximate surface area is 210 Å². The van der Waals surface area contributed by atoms with E-state index in [0.717, 1.165) is 10.0 Å². The van der Waals surface area contributed by atoms with Gasteiger partial charge in [-0.1, -0.05) is 59.7 Å². The first-order valence-electron chi connectivity index (χ1n) is 10.5. The quantitative estimate of drug-likeness (QED) is 0.341. The number of benzene rings is 2. The second kappa shape index (κ2) is 11.8. The van der Waals surface area contributed by atoms with E-state index in [1.54, 1.807) is 25.3 Å². The fourth-order valence-electron chi connectivity index (χ4n) is 3.07. The monoisotopic (exact) mass is 547 g/mol. The van der Waals surface area contributed by atoms with E-state index >= 15 is 0 Å². The van der Waals surface area contributed by atoms with Crippen LogP contribution in [0.25, 0.3) is 10.6 Å². The van der Waals surface area contributed by atoms with Crippen molar-refractivity contribution in [3.8, 4) is 22.1 Å². The lowest BCUT2D eigenvalue weighted by Gasteiger charge is -2.23. The third kappa shape index (κ3) is 6.45. The maximum absolute atomic E-state index is 13.0. The number of nitrogens with zero attached hydrogens (tertiary/aromatic N) is 2. The summed E-state index contributed by atoms with van der Waals surface area (Å²) in [5, 5.41) is 17.5. The molecule has 3 rings (SSSR count). The molecule has 180 valence electrons. The Bertz CT molecular complexity index is 1140. The predicted octanol–water partition coefficient (Wildman–Crippen LogP) is 5.16. The lowest BCUT2D eigenvalue weighted by atomic mass is 9.98. The number of methoxy groups -OCH3 is 2. The minimum atomic E-state index is -0.783. The van der Waals surface area contributed by atoms with Gasteiger partial charge in [-0.25, -0.2) is 4.79 Å². The van der Waals surface area contributed by atoms with Crippen molar-refractivity contribution in [3.05, 3.63) is 46.9 Å². The average Bonchev–Trinajstić information content (AvgIpc) is 3.31. The Morgan fingerprint density at radius 3 is 2.44 bits per heavy atom. The van der Waals surface area contributed by atoms with Crippen LogP contribution in [-0.4, -0.2) is 42.4 Å². The number of amides is 3. The van der Waals surface area contributed by atoms with Gasteiger partial charge >= 0.3 is 6.03 Å². The zero-order valence-electron chi connectivity index (χ0n) is 19.2. The normalized spacial score (nSPS) is 12.4. The number of aromatic nitrogens is 2. The zero-order valence-corrected chi connectivity index (χ0v) is 21.6. The van der Waals surface area contributed by atoms with Crippen LogP contribution in [0.1, 0.15) is 20.3 Å². The lowest BCUT2D eigenvalue weighted by molar-refractivity contribution is -0.119. The average molecular weight is 548 g/mol. The summed E-state index contributed by atoms with van der Waals surface area (Å²) in [6, 6.07) is 11.4. The minimum absolute atomic E-state index is 0.123. The number of halogens is 1. The van der Waals surface area contributed by atoms with Gasteiger partial charge in [0.1, 0.15) is 22.5 Å². The van der Waals surface area contributed by atoms with Gasteiger partial charge in [-0.15, -0.1) is 10.2 Å². The summed E-state index contributed by atoms with van der Waals surface area (Å²) < 4.78 is 11.5. The van der Waals surface area contributed by atoms with Gasteiger partial charge in [0.05, 0.1) is 19.9 Å². The van der Waals surface area contributed by atoms with Crippen molar-refractivity contribution >= 4 is 50.0 Å². The van der Waals surface area contributed by atoms with Crippen molar-refractivity contribution in [2.75, 3.05) is 24.9 Å². The third-order valence-corrected chi connectivity index (χ3v) is 6.60. The molecule has 0 spiro atoms. The fourth-order valence-corrected chi connectivity index (χ4v) is 4.09. The first-order valence-corrected chi connectivity index (χ1v) is 12.1. The number of rotatable bonds is 9. The van der Waals surface area contributed by atoms with Crippen molar-refractivity contribution in [2.24, 2.45) is 5.92 Å². The van der Waals surface area contributed by atoms with Crippen LogP contribution in [0.15, 0.2) is 46.9 Å². The first-order chi connectivity index (χ1) is 16.3. The first kappa shape index (κ1) is 25.4. The molecule has 9 nitrogen and oxygen atoms in total. The summed E-state index contributed by atoms with van der Waals surface area (Å²) >= 11 is 4.67. The molecule has 1 heterocycles. The van der Waals surface area contributed by atoms with Crippen molar-refractivity contribution < 1.29 is 19.1 Å². The highest BCUT2D eigenvalue weighted by Crippen LogP contribution is 2.29. The van der Waals surface area contributed by atoms with Gasteiger partial charge in [0.15, 0.2) is 0 Å². The summed E-state index contributed by atoms with van der Waals surface area (Å²) in [4.78, 5) is 25.8. The summed E-state index contributed by atoms with van der Waals surface area (Å²) in [5.74, 6) is 0.541. The number of ether oxygens (including phenoxy) is 2. The van der Waals surface area contributed by atoms with Crippen molar-refractivity contribution in [1.82, 2.24) is 15.5 Å². The van der Waals surface area contributed by atoms with Crippen molar-refractivity contribution in [2.45, 2.75) is 26.3 Å². The Hall–Kier alpha value is -3.18. The molecule has 0 aliphatic heterocycles. The highest BCUT2D eigenvalue weighted by Gasteiger charge is 2.27. The molecule has 0 radical (unpaired) electrons. The van der Waals surface area contributed by atoms with Crippen molar-refractivity contribution in [1.29, 1.82) is 0 Å². The van der Waals surface area contributed by atoms with Crippen LogP contribution >= 0.6 is 27.3 Å². The molecule has 3 aromatic rings.